The van der Waals surface area contributed by atoms with Crippen molar-refractivity contribution in [3.63, 3.8) is 0 Å². The van der Waals surface area contributed by atoms with E-state index in [4.69, 9.17) is 15.2 Å². The van der Waals surface area contributed by atoms with Gasteiger partial charge in [0.15, 0.2) is 0 Å². The standard InChI is InChI=1S/C16H21FN2O2/c1-20-15-10-19(11-16(15)21-2)9-13-5-6-14(17)8-12(13)4-3-7-18/h5-6,8,15-16H,7,9-11,18H2,1-2H3. The molecule has 2 rings (SSSR count). The molecule has 4 nitrogen and oxygen atoms in total. The van der Waals surface area contributed by atoms with E-state index in [0.29, 0.717) is 12.1 Å². The highest BCUT2D eigenvalue weighted by Crippen LogP contribution is 2.20. The summed E-state index contributed by atoms with van der Waals surface area (Å²) in [5.41, 5.74) is 7.07. The SMILES string of the molecule is COC1CN(Cc2ccc(F)cc2C#CCN)CC1OC. The third-order valence-corrected chi connectivity index (χ3v) is 3.69. The minimum Gasteiger partial charge on any atom is -0.377 e. The third kappa shape index (κ3) is 4.02. The van der Waals surface area contributed by atoms with Crippen molar-refractivity contribution in [2.75, 3.05) is 33.9 Å². The highest BCUT2D eigenvalue weighted by atomic mass is 19.1. The Bertz CT molecular complexity index is 527. The maximum Gasteiger partial charge on any atom is 0.124 e. The zero-order chi connectivity index (χ0) is 15.2. The Kier molecular flexibility index (Phi) is 5.71. The summed E-state index contributed by atoms with van der Waals surface area (Å²) in [6.07, 6.45) is 0.128. The Hall–Kier alpha value is -1.45. The van der Waals surface area contributed by atoms with Gasteiger partial charge >= 0.3 is 0 Å². The van der Waals surface area contributed by atoms with Crippen LogP contribution in [0.25, 0.3) is 0 Å². The summed E-state index contributed by atoms with van der Waals surface area (Å²) < 4.78 is 24.2. The van der Waals surface area contributed by atoms with Crippen LogP contribution in [0.2, 0.25) is 0 Å². The number of ether oxygens (including phenoxy) is 2. The predicted octanol–water partition coefficient (Wildman–Crippen LogP) is 0.982. The minimum absolute atomic E-state index is 0.0639. The van der Waals surface area contributed by atoms with Crippen molar-refractivity contribution < 1.29 is 13.9 Å². The molecule has 2 unspecified atom stereocenters. The number of likely N-dealkylation sites (tertiary alicyclic amines) is 1. The van der Waals surface area contributed by atoms with Crippen molar-refractivity contribution in [1.82, 2.24) is 4.90 Å². The molecule has 1 aliphatic heterocycles. The number of hydrogen-bond donors (Lipinski definition) is 1. The van der Waals surface area contributed by atoms with E-state index in [1.54, 1.807) is 20.3 Å². The van der Waals surface area contributed by atoms with E-state index in [9.17, 15) is 4.39 Å². The Labute approximate surface area is 125 Å². The molecule has 0 spiro atoms. The molecule has 2 N–H and O–H groups in total. The molecule has 0 aromatic heterocycles. The molecule has 1 saturated heterocycles. The molecule has 1 aliphatic rings. The lowest BCUT2D eigenvalue weighted by molar-refractivity contribution is -0.00461. The lowest BCUT2D eigenvalue weighted by Gasteiger charge is -2.16. The van der Waals surface area contributed by atoms with Crippen molar-refractivity contribution in [2.45, 2.75) is 18.8 Å². The molecule has 0 radical (unpaired) electrons. The lowest BCUT2D eigenvalue weighted by Crippen LogP contribution is -2.27. The summed E-state index contributed by atoms with van der Waals surface area (Å²) in [6.45, 7) is 2.53. The molecule has 114 valence electrons. The first kappa shape index (κ1) is 15.9. The number of nitrogens with two attached hydrogens (primary N) is 1. The average Bonchev–Trinajstić information content (AvgIpc) is 2.89. The first-order chi connectivity index (χ1) is 10.2. The van der Waals surface area contributed by atoms with Gasteiger partial charge in [0.1, 0.15) is 5.82 Å². The zero-order valence-electron chi connectivity index (χ0n) is 12.4. The summed E-state index contributed by atoms with van der Waals surface area (Å²) in [5.74, 6) is 5.43. The van der Waals surface area contributed by atoms with Crippen LogP contribution in [-0.4, -0.2) is 51.0 Å². The van der Waals surface area contributed by atoms with Gasteiger partial charge in [-0.25, -0.2) is 4.39 Å². The maximum atomic E-state index is 13.4. The molecule has 5 heteroatoms. The summed E-state index contributed by atoms with van der Waals surface area (Å²) in [6, 6.07) is 4.69. The van der Waals surface area contributed by atoms with Crippen molar-refractivity contribution in [3.05, 3.63) is 35.1 Å². The molecule has 1 fully saturated rings. The quantitative estimate of drug-likeness (QED) is 0.841. The van der Waals surface area contributed by atoms with E-state index in [-0.39, 0.29) is 24.6 Å². The van der Waals surface area contributed by atoms with Gasteiger partial charge < -0.3 is 15.2 Å². The molecular formula is C16H21FN2O2. The first-order valence-corrected chi connectivity index (χ1v) is 6.93. The third-order valence-electron chi connectivity index (χ3n) is 3.69. The summed E-state index contributed by atoms with van der Waals surface area (Å²) in [5, 5.41) is 0. The van der Waals surface area contributed by atoms with Crippen LogP contribution >= 0.6 is 0 Å². The smallest absolute Gasteiger partial charge is 0.124 e. The van der Waals surface area contributed by atoms with Gasteiger partial charge in [0.05, 0.1) is 18.8 Å². The summed E-state index contributed by atoms with van der Waals surface area (Å²) in [4.78, 5) is 2.23. The van der Waals surface area contributed by atoms with Gasteiger partial charge in [-0.1, -0.05) is 17.9 Å². The highest BCUT2D eigenvalue weighted by molar-refractivity contribution is 5.42. The summed E-state index contributed by atoms with van der Waals surface area (Å²) in [7, 11) is 3.38. The Morgan fingerprint density at radius 3 is 2.52 bits per heavy atom. The number of benzene rings is 1. The van der Waals surface area contributed by atoms with Gasteiger partial charge in [-0.2, -0.15) is 0 Å². The number of rotatable bonds is 4. The van der Waals surface area contributed by atoms with E-state index in [0.717, 1.165) is 18.7 Å². The van der Waals surface area contributed by atoms with Gasteiger partial charge in [0.25, 0.3) is 0 Å². The molecular weight excluding hydrogens is 271 g/mol. The van der Waals surface area contributed by atoms with E-state index >= 15 is 0 Å². The number of nitrogens with zero attached hydrogens (tertiary/aromatic N) is 1. The maximum absolute atomic E-state index is 13.4. The van der Waals surface area contributed by atoms with Crippen LogP contribution in [0.3, 0.4) is 0 Å². The lowest BCUT2D eigenvalue weighted by atomic mass is 10.1. The minimum atomic E-state index is -0.286. The Balaban J connectivity index is 2.13. The second-order valence-electron chi connectivity index (χ2n) is 5.05. The van der Waals surface area contributed by atoms with Crippen LogP contribution < -0.4 is 5.73 Å². The van der Waals surface area contributed by atoms with Crippen molar-refractivity contribution >= 4 is 0 Å². The van der Waals surface area contributed by atoms with Gasteiger partial charge in [-0.3, -0.25) is 4.90 Å². The van der Waals surface area contributed by atoms with Crippen molar-refractivity contribution in [1.29, 1.82) is 0 Å². The molecule has 0 amide bonds. The van der Waals surface area contributed by atoms with Crippen LogP contribution in [0.5, 0.6) is 0 Å². The second kappa shape index (κ2) is 7.53. The van der Waals surface area contributed by atoms with E-state index in [2.05, 4.69) is 16.7 Å². The van der Waals surface area contributed by atoms with E-state index in [1.165, 1.54) is 12.1 Å². The highest BCUT2D eigenvalue weighted by Gasteiger charge is 2.32. The van der Waals surface area contributed by atoms with Crippen LogP contribution in [-0.2, 0) is 16.0 Å². The van der Waals surface area contributed by atoms with Gasteiger partial charge in [0.2, 0.25) is 0 Å². The monoisotopic (exact) mass is 292 g/mol. The van der Waals surface area contributed by atoms with Crippen LogP contribution in [0.15, 0.2) is 18.2 Å². The molecule has 1 heterocycles. The fraction of sp³-hybridized carbons (Fsp3) is 0.500. The number of hydrogen-bond acceptors (Lipinski definition) is 4. The largest absolute Gasteiger partial charge is 0.377 e. The summed E-state index contributed by atoms with van der Waals surface area (Å²) >= 11 is 0. The first-order valence-electron chi connectivity index (χ1n) is 6.93. The van der Waals surface area contributed by atoms with Crippen LogP contribution in [0, 0.1) is 17.7 Å². The van der Waals surface area contributed by atoms with E-state index < -0.39 is 0 Å². The molecule has 1 aromatic rings. The van der Waals surface area contributed by atoms with Gasteiger partial charge in [-0.05, 0) is 17.7 Å². The fourth-order valence-electron chi connectivity index (χ4n) is 2.59. The van der Waals surface area contributed by atoms with Crippen molar-refractivity contribution in [2.24, 2.45) is 5.73 Å². The predicted molar refractivity (Wildman–Crippen MR) is 79.2 cm³/mol. The topological polar surface area (TPSA) is 47.7 Å². The normalized spacial score (nSPS) is 22.1. The second-order valence-corrected chi connectivity index (χ2v) is 5.05. The molecule has 2 atom stereocenters. The fourth-order valence-corrected chi connectivity index (χ4v) is 2.59. The Morgan fingerprint density at radius 1 is 1.29 bits per heavy atom. The van der Waals surface area contributed by atoms with Crippen LogP contribution in [0.4, 0.5) is 4.39 Å². The van der Waals surface area contributed by atoms with Gasteiger partial charge in [-0.15, -0.1) is 0 Å². The molecule has 0 aliphatic carbocycles. The molecule has 1 aromatic carbocycles. The number of halogens is 1. The van der Waals surface area contributed by atoms with E-state index in [1.807, 2.05) is 0 Å². The van der Waals surface area contributed by atoms with Crippen molar-refractivity contribution in [3.8, 4) is 11.8 Å². The molecule has 21 heavy (non-hydrogen) atoms. The average molecular weight is 292 g/mol. The van der Waals surface area contributed by atoms with Gasteiger partial charge in [0, 0.05) is 39.4 Å². The Morgan fingerprint density at radius 2 is 1.95 bits per heavy atom. The molecule has 0 bridgehead atoms. The zero-order valence-corrected chi connectivity index (χ0v) is 12.4. The van der Waals surface area contributed by atoms with Crippen LogP contribution in [0.1, 0.15) is 11.1 Å². The number of methoxy groups -OCH3 is 2. The molecule has 0 saturated carbocycles.